The highest BCUT2D eigenvalue weighted by molar-refractivity contribution is 5.71. The molecule has 1 rings (SSSR count). The van der Waals surface area contributed by atoms with Gasteiger partial charge < -0.3 is 15.2 Å². The number of hydrogen-bond donors (Lipinski definition) is 2. The molecule has 0 bridgehead atoms. The van der Waals surface area contributed by atoms with Gasteiger partial charge >= 0.3 is 5.97 Å². The van der Waals surface area contributed by atoms with Gasteiger partial charge in [-0.15, -0.1) is 0 Å². The number of ether oxygens (including phenoxy) is 1. The van der Waals surface area contributed by atoms with E-state index in [1.54, 1.807) is 0 Å². The topological polar surface area (TPSA) is 58.6 Å². The number of aliphatic hydroxyl groups is 1. The maximum atomic E-state index is 11.2. The number of aliphatic hydroxyl groups excluding tert-OH is 1. The summed E-state index contributed by atoms with van der Waals surface area (Å²) in [6, 6.07) is 0. The standard InChI is InChI=1S/C13H25NO3/c1-10(13(16)17-2)7-14-8-11-5-3-4-6-12(11)9-15/h10-12,14-15H,3-9H2,1-2H3. The normalized spacial score (nSPS) is 26.5. The summed E-state index contributed by atoms with van der Waals surface area (Å²) in [6.07, 6.45) is 4.82. The molecule has 0 saturated heterocycles. The molecular formula is C13H25NO3. The van der Waals surface area contributed by atoms with Gasteiger partial charge in [-0.2, -0.15) is 0 Å². The minimum atomic E-state index is -0.167. The van der Waals surface area contributed by atoms with Gasteiger partial charge in [-0.3, -0.25) is 4.79 Å². The molecule has 1 aliphatic carbocycles. The third-order valence-corrected chi connectivity index (χ3v) is 3.76. The molecule has 0 heterocycles. The highest BCUT2D eigenvalue weighted by atomic mass is 16.5. The largest absolute Gasteiger partial charge is 0.469 e. The first-order valence-electron chi connectivity index (χ1n) is 6.58. The van der Waals surface area contributed by atoms with E-state index in [1.165, 1.54) is 26.4 Å². The van der Waals surface area contributed by atoms with E-state index in [1.807, 2.05) is 6.92 Å². The number of carbonyl (C=O) groups excluding carboxylic acids is 1. The van der Waals surface area contributed by atoms with Crippen molar-refractivity contribution in [3.63, 3.8) is 0 Å². The van der Waals surface area contributed by atoms with Crippen molar-refractivity contribution in [2.45, 2.75) is 32.6 Å². The van der Waals surface area contributed by atoms with Crippen LogP contribution in [-0.2, 0) is 9.53 Å². The van der Waals surface area contributed by atoms with Crippen LogP contribution >= 0.6 is 0 Å². The molecular weight excluding hydrogens is 218 g/mol. The third-order valence-electron chi connectivity index (χ3n) is 3.76. The van der Waals surface area contributed by atoms with Gasteiger partial charge in [0.05, 0.1) is 13.0 Å². The zero-order chi connectivity index (χ0) is 12.7. The lowest BCUT2D eigenvalue weighted by molar-refractivity contribution is -0.144. The first-order chi connectivity index (χ1) is 8.19. The van der Waals surface area contributed by atoms with Crippen LogP contribution in [0.4, 0.5) is 0 Å². The van der Waals surface area contributed by atoms with Gasteiger partial charge in [-0.25, -0.2) is 0 Å². The molecule has 0 aliphatic heterocycles. The monoisotopic (exact) mass is 243 g/mol. The molecule has 0 spiro atoms. The van der Waals surface area contributed by atoms with Crippen LogP contribution in [0.2, 0.25) is 0 Å². The smallest absolute Gasteiger partial charge is 0.309 e. The van der Waals surface area contributed by atoms with E-state index in [0.717, 1.165) is 13.0 Å². The number of methoxy groups -OCH3 is 1. The van der Waals surface area contributed by atoms with Crippen molar-refractivity contribution in [3.05, 3.63) is 0 Å². The summed E-state index contributed by atoms with van der Waals surface area (Å²) >= 11 is 0. The first-order valence-corrected chi connectivity index (χ1v) is 6.58. The molecule has 2 N–H and O–H groups in total. The van der Waals surface area contributed by atoms with Gasteiger partial charge in [0.2, 0.25) is 0 Å². The van der Waals surface area contributed by atoms with Gasteiger partial charge in [-0.05, 0) is 31.2 Å². The molecule has 1 saturated carbocycles. The number of nitrogens with one attached hydrogen (secondary N) is 1. The molecule has 100 valence electrons. The molecule has 4 nitrogen and oxygen atoms in total. The molecule has 17 heavy (non-hydrogen) atoms. The van der Waals surface area contributed by atoms with E-state index in [2.05, 4.69) is 10.1 Å². The van der Waals surface area contributed by atoms with E-state index >= 15 is 0 Å². The number of hydrogen-bond acceptors (Lipinski definition) is 4. The fourth-order valence-electron chi connectivity index (χ4n) is 2.56. The quantitative estimate of drug-likeness (QED) is 0.688. The second-order valence-electron chi connectivity index (χ2n) is 5.07. The Morgan fingerprint density at radius 2 is 2.06 bits per heavy atom. The van der Waals surface area contributed by atoms with E-state index in [9.17, 15) is 9.90 Å². The summed E-state index contributed by atoms with van der Waals surface area (Å²) in [6.45, 7) is 3.70. The summed E-state index contributed by atoms with van der Waals surface area (Å²) in [5.74, 6) is 0.722. The SMILES string of the molecule is COC(=O)C(C)CNCC1CCCCC1CO. The maximum Gasteiger partial charge on any atom is 0.309 e. The van der Waals surface area contributed by atoms with Crippen molar-refractivity contribution in [3.8, 4) is 0 Å². The van der Waals surface area contributed by atoms with Crippen LogP contribution in [0.25, 0.3) is 0 Å². The second kappa shape index (κ2) is 7.67. The first kappa shape index (κ1) is 14.5. The Hall–Kier alpha value is -0.610. The number of rotatable bonds is 6. The average Bonchev–Trinajstić information content (AvgIpc) is 2.38. The summed E-state index contributed by atoms with van der Waals surface area (Å²) in [4.78, 5) is 11.2. The van der Waals surface area contributed by atoms with Crippen LogP contribution in [0.1, 0.15) is 32.6 Å². The zero-order valence-corrected chi connectivity index (χ0v) is 10.9. The molecule has 0 aromatic carbocycles. The van der Waals surface area contributed by atoms with Gasteiger partial charge in [0.1, 0.15) is 0 Å². The van der Waals surface area contributed by atoms with Gasteiger partial charge in [0.15, 0.2) is 0 Å². The van der Waals surface area contributed by atoms with Crippen molar-refractivity contribution < 1.29 is 14.6 Å². The Balaban J connectivity index is 2.22. The summed E-state index contributed by atoms with van der Waals surface area (Å²) in [5.41, 5.74) is 0. The fraction of sp³-hybridized carbons (Fsp3) is 0.923. The second-order valence-corrected chi connectivity index (χ2v) is 5.07. The van der Waals surface area contributed by atoms with Crippen LogP contribution in [0.5, 0.6) is 0 Å². The predicted octanol–water partition coefficient (Wildman–Crippen LogP) is 1.18. The van der Waals surface area contributed by atoms with Crippen LogP contribution in [0.3, 0.4) is 0 Å². The van der Waals surface area contributed by atoms with Crippen LogP contribution in [0, 0.1) is 17.8 Å². The molecule has 1 fully saturated rings. The Bertz CT molecular complexity index is 233. The summed E-state index contributed by atoms with van der Waals surface area (Å²) in [5, 5.41) is 12.6. The van der Waals surface area contributed by atoms with E-state index in [0.29, 0.717) is 25.0 Å². The average molecular weight is 243 g/mol. The molecule has 3 unspecified atom stereocenters. The van der Waals surface area contributed by atoms with Crippen molar-refractivity contribution in [1.29, 1.82) is 0 Å². The molecule has 0 amide bonds. The van der Waals surface area contributed by atoms with E-state index in [4.69, 9.17) is 0 Å². The van der Waals surface area contributed by atoms with Crippen molar-refractivity contribution in [1.82, 2.24) is 5.32 Å². The van der Waals surface area contributed by atoms with E-state index < -0.39 is 0 Å². The van der Waals surface area contributed by atoms with E-state index in [-0.39, 0.29) is 11.9 Å². The third kappa shape index (κ3) is 4.64. The van der Waals surface area contributed by atoms with Crippen LogP contribution < -0.4 is 5.32 Å². The Morgan fingerprint density at radius 1 is 1.41 bits per heavy atom. The molecule has 3 atom stereocenters. The lowest BCUT2D eigenvalue weighted by Crippen LogP contribution is -2.35. The van der Waals surface area contributed by atoms with Crippen LogP contribution in [0.15, 0.2) is 0 Å². The zero-order valence-electron chi connectivity index (χ0n) is 10.9. The van der Waals surface area contributed by atoms with Gasteiger partial charge in [0.25, 0.3) is 0 Å². The molecule has 1 aliphatic rings. The Morgan fingerprint density at radius 3 is 2.65 bits per heavy atom. The highest BCUT2D eigenvalue weighted by Gasteiger charge is 2.24. The Labute approximate surface area is 104 Å². The summed E-state index contributed by atoms with van der Waals surface area (Å²) in [7, 11) is 1.42. The summed E-state index contributed by atoms with van der Waals surface area (Å²) < 4.78 is 4.68. The molecule has 4 heteroatoms. The lowest BCUT2D eigenvalue weighted by Gasteiger charge is -2.30. The van der Waals surface area contributed by atoms with Crippen LogP contribution in [-0.4, -0.2) is 37.9 Å². The van der Waals surface area contributed by atoms with Crippen molar-refractivity contribution >= 4 is 5.97 Å². The fourth-order valence-corrected chi connectivity index (χ4v) is 2.56. The van der Waals surface area contributed by atoms with Gasteiger partial charge in [-0.1, -0.05) is 19.8 Å². The Kier molecular flexibility index (Phi) is 6.52. The number of carbonyl (C=O) groups is 1. The predicted molar refractivity (Wildman–Crippen MR) is 66.6 cm³/mol. The minimum Gasteiger partial charge on any atom is -0.469 e. The maximum absolute atomic E-state index is 11.2. The minimum absolute atomic E-state index is 0.101. The lowest BCUT2D eigenvalue weighted by atomic mass is 9.79. The molecule has 0 aromatic heterocycles. The highest BCUT2D eigenvalue weighted by Crippen LogP contribution is 2.29. The number of esters is 1. The van der Waals surface area contributed by atoms with Crippen molar-refractivity contribution in [2.75, 3.05) is 26.8 Å². The molecule has 0 aromatic rings. The van der Waals surface area contributed by atoms with Gasteiger partial charge in [0, 0.05) is 13.2 Å². The molecule has 0 radical (unpaired) electrons. The van der Waals surface area contributed by atoms with Crippen molar-refractivity contribution in [2.24, 2.45) is 17.8 Å².